The molecule has 0 aromatic carbocycles. The summed E-state index contributed by atoms with van der Waals surface area (Å²) >= 11 is 0. The number of pyridine rings is 1. The first-order chi connectivity index (χ1) is 12.3. The Morgan fingerprint density at radius 3 is 2.92 bits per heavy atom. The number of nitrogens with zero attached hydrogens (tertiary/aromatic N) is 3. The van der Waals surface area contributed by atoms with Gasteiger partial charge >= 0.3 is 0 Å². The van der Waals surface area contributed by atoms with Crippen LogP contribution in [0, 0.1) is 11.7 Å². The molecule has 3 heterocycles. The number of rotatable bonds is 5. The lowest BCUT2D eigenvalue weighted by molar-refractivity contribution is -0.113. The van der Waals surface area contributed by atoms with Gasteiger partial charge in [0.1, 0.15) is 5.52 Å². The lowest BCUT2D eigenvalue weighted by Gasteiger charge is -2.11. The summed E-state index contributed by atoms with van der Waals surface area (Å²) in [6, 6.07) is 1.15. The van der Waals surface area contributed by atoms with Crippen molar-refractivity contribution in [3.63, 3.8) is 0 Å². The third-order valence-corrected chi connectivity index (χ3v) is 3.74. The molecule has 0 bridgehead atoms. The van der Waals surface area contributed by atoms with E-state index in [0.29, 0.717) is 34.5 Å². The largest absolute Gasteiger partial charge is 0.366 e. The molecule has 7 nitrogen and oxygen atoms in total. The highest BCUT2D eigenvalue weighted by molar-refractivity contribution is 5.93. The van der Waals surface area contributed by atoms with E-state index >= 15 is 0 Å². The first-order valence-corrected chi connectivity index (χ1v) is 8.07. The zero-order valence-electron chi connectivity index (χ0n) is 14.4. The normalized spacial score (nSPS) is 11.7. The molecular weight excluding hydrogens is 337 g/mol. The molecule has 0 spiro atoms. The van der Waals surface area contributed by atoms with Crippen LogP contribution in [0.2, 0.25) is 0 Å². The lowest BCUT2D eigenvalue weighted by atomic mass is 10.1. The van der Waals surface area contributed by atoms with Gasteiger partial charge in [0, 0.05) is 36.1 Å². The van der Waals surface area contributed by atoms with Crippen LogP contribution >= 0.6 is 0 Å². The maximum atomic E-state index is 14.1. The van der Waals surface area contributed by atoms with Crippen molar-refractivity contribution in [1.82, 2.24) is 19.5 Å². The van der Waals surface area contributed by atoms with Crippen molar-refractivity contribution in [2.75, 3.05) is 0 Å². The number of hydrogen-bond donors (Lipinski definition) is 2. The number of primary amides is 1. The Kier molecular flexibility index (Phi) is 4.66. The van der Waals surface area contributed by atoms with Crippen molar-refractivity contribution in [2.45, 2.75) is 20.4 Å². The number of H-pyrrole nitrogens is 1. The van der Waals surface area contributed by atoms with Gasteiger partial charge in [-0.05, 0) is 18.1 Å². The van der Waals surface area contributed by atoms with Crippen molar-refractivity contribution < 1.29 is 9.18 Å². The Morgan fingerprint density at radius 1 is 1.46 bits per heavy atom. The monoisotopic (exact) mass is 355 g/mol. The van der Waals surface area contributed by atoms with Crippen LogP contribution in [0.25, 0.3) is 28.5 Å². The number of halogens is 1. The van der Waals surface area contributed by atoms with Crippen LogP contribution in [0.1, 0.15) is 19.4 Å². The summed E-state index contributed by atoms with van der Waals surface area (Å²) in [5.74, 6) is -1.23. The number of carbonyl (C=O) groups is 1. The Hall–Kier alpha value is -3.29. The Bertz CT molecular complexity index is 1070. The van der Waals surface area contributed by atoms with Gasteiger partial charge in [-0.3, -0.25) is 9.59 Å². The molecule has 3 aromatic heterocycles. The third kappa shape index (κ3) is 3.53. The van der Waals surface area contributed by atoms with Gasteiger partial charge in [0.15, 0.2) is 11.5 Å². The summed E-state index contributed by atoms with van der Waals surface area (Å²) in [6.45, 7) is 4.29. The predicted octanol–water partition coefficient (Wildman–Crippen LogP) is 2.08. The SMILES string of the molecule is CC(C)Cn1cc(-c2cnc3[nH]cc(C=CC(N)=O)c3n2)cc(F)c1=O. The molecule has 0 aliphatic rings. The maximum absolute atomic E-state index is 14.1. The topological polar surface area (TPSA) is 107 Å². The molecule has 26 heavy (non-hydrogen) atoms. The van der Waals surface area contributed by atoms with E-state index in [9.17, 15) is 14.0 Å². The average Bonchev–Trinajstić information content (AvgIpc) is 2.98. The van der Waals surface area contributed by atoms with Gasteiger partial charge in [-0.15, -0.1) is 0 Å². The molecule has 3 N–H and O–H groups in total. The number of aromatic nitrogens is 4. The molecule has 0 aliphatic heterocycles. The van der Waals surface area contributed by atoms with Crippen molar-refractivity contribution in [3.05, 3.63) is 52.5 Å². The molecule has 0 aliphatic carbocycles. The average molecular weight is 355 g/mol. The van der Waals surface area contributed by atoms with E-state index in [1.165, 1.54) is 22.9 Å². The first kappa shape index (κ1) is 17.5. The number of carbonyl (C=O) groups excluding carboxylic acids is 1. The summed E-state index contributed by atoms with van der Waals surface area (Å²) in [6.07, 6.45) is 7.47. The summed E-state index contributed by atoms with van der Waals surface area (Å²) in [5, 5.41) is 0. The third-order valence-electron chi connectivity index (χ3n) is 3.74. The standard InChI is InChI=1S/C18H18FN5O2/c1-10(2)8-24-9-12(5-13(19)18(24)26)14-7-22-17-16(23-14)11(6-21-17)3-4-15(20)25/h3-7,9-10H,8H2,1-2H3,(H2,20,25)(H,21,22). The van der Waals surface area contributed by atoms with E-state index < -0.39 is 17.3 Å². The van der Waals surface area contributed by atoms with E-state index in [2.05, 4.69) is 15.0 Å². The number of nitrogens with two attached hydrogens (primary N) is 1. The highest BCUT2D eigenvalue weighted by Gasteiger charge is 2.12. The van der Waals surface area contributed by atoms with Crippen LogP contribution in [0.15, 0.2) is 35.5 Å². The summed E-state index contributed by atoms with van der Waals surface area (Å²) < 4.78 is 15.4. The van der Waals surface area contributed by atoms with Crippen molar-refractivity contribution in [2.24, 2.45) is 11.7 Å². The number of hydrogen-bond acceptors (Lipinski definition) is 4. The van der Waals surface area contributed by atoms with Crippen LogP contribution in [-0.2, 0) is 11.3 Å². The smallest absolute Gasteiger partial charge is 0.286 e. The van der Waals surface area contributed by atoms with Gasteiger partial charge < -0.3 is 15.3 Å². The molecule has 1 amide bonds. The summed E-state index contributed by atoms with van der Waals surface area (Å²) in [7, 11) is 0. The fourth-order valence-electron chi connectivity index (χ4n) is 2.62. The molecule has 3 aromatic rings. The fourth-order valence-corrected chi connectivity index (χ4v) is 2.62. The Morgan fingerprint density at radius 2 is 2.23 bits per heavy atom. The van der Waals surface area contributed by atoms with Crippen LogP contribution in [0.5, 0.6) is 0 Å². The second kappa shape index (κ2) is 6.91. The van der Waals surface area contributed by atoms with Crippen molar-refractivity contribution >= 4 is 23.1 Å². The number of aromatic amines is 1. The first-order valence-electron chi connectivity index (χ1n) is 8.07. The molecule has 0 radical (unpaired) electrons. The van der Waals surface area contributed by atoms with Crippen LogP contribution < -0.4 is 11.3 Å². The van der Waals surface area contributed by atoms with Crippen LogP contribution in [0.3, 0.4) is 0 Å². The summed E-state index contributed by atoms with van der Waals surface area (Å²) in [5.41, 5.74) is 6.98. The molecule has 0 fully saturated rings. The Labute approximate surface area is 148 Å². The Balaban J connectivity index is 2.10. The van der Waals surface area contributed by atoms with Crippen LogP contribution in [-0.4, -0.2) is 25.4 Å². The molecule has 0 atom stereocenters. The van der Waals surface area contributed by atoms with Gasteiger partial charge in [0.25, 0.3) is 5.56 Å². The van der Waals surface area contributed by atoms with Gasteiger partial charge in [-0.25, -0.2) is 14.4 Å². The molecule has 3 rings (SSSR count). The van der Waals surface area contributed by atoms with E-state index in [-0.39, 0.29) is 5.92 Å². The fraction of sp³-hybridized carbons (Fsp3) is 0.222. The van der Waals surface area contributed by atoms with E-state index in [1.807, 2.05) is 13.8 Å². The van der Waals surface area contributed by atoms with Gasteiger partial charge in [-0.1, -0.05) is 13.8 Å². The highest BCUT2D eigenvalue weighted by Crippen LogP contribution is 2.22. The number of nitrogens with one attached hydrogen (secondary N) is 1. The minimum absolute atomic E-state index is 0.186. The molecule has 134 valence electrons. The zero-order chi connectivity index (χ0) is 18.8. The van der Waals surface area contributed by atoms with E-state index in [0.717, 1.165) is 6.07 Å². The lowest BCUT2D eigenvalue weighted by Crippen LogP contribution is -2.24. The van der Waals surface area contributed by atoms with Gasteiger partial charge in [0.05, 0.1) is 11.9 Å². The molecule has 0 saturated heterocycles. The number of fused-ring (bicyclic) bond motifs is 1. The van der Waals surface area contributed by atoms with Gasteiger partial charge in [-0.2, -0.15) is 0 Å². The highest BCUT2D eigenvalue weighted by atomic mass is 19.1. The van der Waals surface area contributed by atoms with Gasteiger partial charge in [0.2, 0.25) is 5.91 Å². The zero-order valence-corrected chi connectivity index (χ0v) is 14.4. The van der Waals surface area contributed by atoms with Crippen LogP contribution in [0.4, 0.5) is 4.39 Å². The molecular formula is C18H18FN5O2. The second-order valence-corrected chi connectivity index (χ2v) is 6.36. The molecule has 8 heteroatoms. The van der Waals surface area contributed by atoms with E-state index in [4.69, 9.17) is 5.73 Å². The minimum Gasteiger partial charge on any atom is -0.366 e. The van der Waals surface area contributed by atoms with Crippen molar-refractivity contribution in [1.29, 1.82) is 0 Å². The number of amides is 1. The quantitative estimate of drug-likeness (QED) is 0.683. The van der Waals surface area contributed by atoms with Crippen molar-refractivity contribution in [3.8, 4) is 11.3 Å². The second-order valence-electron chi connectivity index (χ2n) is 6.36. The maximum Gasteiger partial charge on any atom is 0.286 e. The molecule has 0 unspecified atom stereocenters. The van der Waals surface area contributed by atoms with E-state index in [1.54, 1.807) is 12.4 Å². The minimum atomic E-state index is -0.840. The predicted molar refractivity (Wildman–Crippen MR) is 96.6 cm³/mol. The summed E-state index contributed by atoms with van der Waals surface area (Å²) in [4.78, 5) is 34.6. The molecule has 0 saturated carbocycles.